The Labute approximate surface area is 96.2 Å². The smallest absolute Gasteiger partial charge is 0.769 e. The number of hydrogen-bond acceptors (Lipinski definition) is 4. The van der Waals surface area contributed by atoms with Crippen LogP contribution in [0, 0.1) is 0 Å². The van der Waals surface area contributed by atoms with Crippen molar-refractivity contribution in [3.63, 3.8) is 0 Å². The molecule has 1 aromatic heterocycles. The molecule has 0 unspecified atom stereocenters. The molecule has 0 amide bonds. The molecule has 0 fully saturated rings. The average molecular weight is 204 g/mol. The second-order valence-electron chi connectivity index (χ2n) is 1.27. The minimum Gasteiger partial charge on any atom is -0.769 e. The van der Waals surface area contributed by atoms with Crippen molar-refractivity contribution < 1.29 is 34.2 Å². The number of rotatable bonds is 0. The molecule has 0 atom stereocenters. The van der Waals surface area contributed by atoms with Gasteiger partial charge in [0.2, 0.25) is 0 Å². The van der Waals surface area contributed by atoms with Gasteiger partial charge >= 0.3 is 29.6 Å². The summed E-state index contributed by atoms with van der Waals surface area (Å²) >= 11 is 8.82. The van der Waals surface area contributed by atoms with Gasteiger partial charge in [-0.2, -0.15) is 0 Å². The summed E-state index contributed by atoms with van der Waals surface area (Å²) in [7, 11) is 0. The summed E-state index contributed by atoms with van der Waals surface area (Å²) in [4.78, 5) is 7.23. The first kappa shape index (κ1) is 14.0. The van der Waals surface area contributed by atoms with Crippen LogP contribution in [0.15, 0.2) is 12.5 Å². The van der Waals surface area contributed by atoms with E-state index in [-0.39, 0.29) is 29.6 Å². The van der Waals surface area contributed by atoms with Gasteiger partial charge in [0, 0.05) is 0 Å². The largest absolute Gasteiger partial charge is 1.00 e. The maximum atomic E-state index is 7.72. The van der Waals surface area contributed by atoms with Crippen molar-refractivity contribution in [3.8, 4) is 0 Å². The molecule has 0 bridgehead atoms. The van der Waals surface area contributed by atoms with E-state index in [9.17, 15) is 0 Å². The Hall–Kier alpha value is 0.420. The molecule has 7 heteroatoms. The van der Waals surface area contributed by atoms with E-state index in [2.05, 4.69) is 21.8 Å². The number of nitrogen functional groups attached to an aromatic ring is 1. The Morgan fingerprint density at radius 1 is 1.45 bits per heavy atom. The van der Waals surface area contributed by atoms with E-state index in [1.165, 1.54) is 12.5 Å². The van der Waals surface area contributed by atoms with E-state index >= 15 is 0 Å². The third-order valence-electron chi connectivity index (χ3n) is 0.690. The van der Waals surface area contributed by atoms with Crippen molar-refractivity contribution in [2.75, 3.05) is 5.73 Å². The van der Waals surface area contributed by atoms with Crippen LogP contribution in [0.25, 0.3) is 0 Å². The zero-order valence-corrected chi connectivity index (χ0v) is 9.30. The number of anilines is 1. The van der Waals surface area contributed by atoms with E-state index < -0.39 is 0 Å². The van der Waals surface area contributed by atoms with Gasteiger partial charge in [-0.3, -0.25) is 0 Å². The van der Waals surface area contributed by atoms with Crippen LogP contribution in [0.4, 0.5) is 5.69 Å². The fourth-order valence-electron chi connectivity index (χ4n) is 0.325. The average Bonchev–Trinajstić information content (AvgIpc) is 2.00. The molecule has 0 saturated heterocycles. The van der Waals surface area contributed by atoms with E-state index in [1.54, 1.807) is 0 Å². The maximum absolute atomic E-state index is 7.72. The van der Waals surface area contributed by atoms with Gasteiger partial charge in [0.1, 0.15) is 6.33 Å². The van der Waals surface area contributed by atoms with Crippen LogP contribution in [0.3, 0.4) is 0 Å². The van der Waals surface area contributed by atoms with Crippen LogP contribution in [-0.2, 0) is 0 Å². The monoisotopic (exact) mass is 203 g/mol. The summed E-state index contributed by atoms with van der Waals surface area (Å²) in [5.41, 5.74) is 5.67. The standard InChI is InChI=1S/C4H4ClN3.ClO.Na/c5-4-3(6)1-7-2-8-4;1-2;/h1-2H,6H2;;/q;-1;+1. The third-order valence-corrected chi connectivity index (χ3v) is 1.01. The minimum atomic E-state index is 0. The normalized spacial score (nSPS) is 7.18. The molecule has 0 spiro atoms. The van der Waals surface area contributed by atoms with Crippen LogP contribution in [0.5, 0.6) is 0 Å². The number of hydrogen-bond donors (Lipinski definition) is 1. The van der Waals surface area contributed by atoms with Gasteiger partial charge in [-0.25, -0.2) is 21.8 Å². The topological polar surface area (TPSA) is 74.9 Å². The molecule has 0 aromatic carbocycles. The molecule has 0 aliphatic carbocycles. The Bertz CT molecular complexity index is 179. The first-order valence-electron chi connectivity index (χ1n) is 2.17. The van der Waals surface area contributed by atoms with Gasteiger partial charge in [0.25, 0.3) is 0 Å². The molecule has 1 aromatic rings. The number of nitrogens with two attached hydrogens (primary N) is 1. The van der Waals surface area contributed by atoms with E-state index in [1.807, 2.05) is 0 Å². The first-order valence-corrected chi connectivity index (χ1v) is 2.86. The molecule has 0 radical (unpaired) electrons. The van der Waals surface area contributed by atoms with E-state index in [0.717, 1.165) is 0 Å². The van der Waals surface area contributed by atoms with E-state index in [0.29, 0.717) is 10.8 Å². The minimum absolute atomic E-state index is 0. The van der Waals surface area contributed by atoms with Crippen LogP contribution < -0.4 is 39.9 Å². The summed E-state index contributed by atoms with van der Waals surface area (Å²) in [6.07, 6.45) is 2.80. The summed E-state index contributed by atoms with van der Waals surface area (Å²) < 4.78 is 7.72. The summed E-state index contributed by atoms with van der Waals surface area (Å²) in [6.45, 7) is 0. The van der Waals surface area contributed by atoms with Crippen LogP contribution in [-0.4, -0.2) is 9.97 Å². The van der Waals surface area contributed by atoms with Crippen molar-refractivity contribution in [3.05, 3.63) is 17.7 Å². The molecular weight excluding hydrogens is 200 g/mol. The second-order valence-corrected chi connectivity index (χ2v) is 1.63. The van der Waals surface area contributed by atoms with Gasteiger partial charge in [-0.05, 0) is 0 Å². The van der Waals surface area contributed by atoms with Crippen molar-refractivity contribution in [2.24, 2.45) is 0 Å². The molecule has 1 heterocycles. The fourth-order valence-corrected chi connectivity index (χ4v) is 0.418. The van der Waals surface area contributed by atoms with Crippen molar-refractivity contribution >= 4 is 29.2 Å². The molecule has 0 aliphatic heterocycles. The van der Waals surface area contributed by atoms with Gasteiger partial charge < -0.3 is 10.4 Å². The molecule has 0 saturated carbocycles. The van der Waals surface area contributed by atoms with Crippen molar-refractivity contribution in [1.29, 1.82) is 0 Å². The van der Waals surface area contributed by atoms with Crippen molar-refractivity contribution in [1.82, 2.24) is 9.97 Å². The fraction of sp³-hybridized carbons (Fsp3) is 0. The Kier molecular flexibility index (Phi) is 10.8. The Morgan fingerprint density at radius 3 is 2.27 bits per heavy atom. The molecule has 0 aliphatic rings. The zero-order valence-electron chi connectivity index (χ0n) is 5.79. The predicted molar refractivity (Wildman–Crippen MR) is 37.3 cm³/mol. The summed E-state index contributed by atoms with van der Waals surface area (Å²) in [5, 5.41) is 0.306. The van der Waals surface area contributed by atoms with E-state index in [4.69, 9.17) is 22.0 Å². The molecule has 1 rings (SSSR count). The maximum Gasteiger partial charge on any atom is 1.00 e. The number of nitrogens with zero attached hydrogens (tertiary/aromatic N) is 2. The van der Waals surface area contributed by atoms with Gasteiger partial charge in [0.15, 0.2) is 5.15 Å². The summed E-state index contributed by atoms with van der Waals surface area (Å²) in [5.74, 6) is 0. The Morgan fingerprint density at radius 2 is 2.00 bits per heavy atom. The van der Waals surface area contributed by atoms with Gasteiger partial charge in [0.05, 0.1) is 11.9 Å². The molecule has 4 nitrogen and oxygen atoms in total. The molecule has 11 heavy (non-hydrogen) atoms. The quantitative estimate of drug-likeness (QED) is 0.366. The summed E-state index contributed by atoms with van der Waals surface area (Å²) in [6, 6.07) is 0. The Balaban J connectivity index is 0. The molecular formula is C4H4Cl2N3NaO. The van der Waals surface area contributed by atoms with Crippen molar-refractivity contribution in [2.45, 2.75) is 0 Å². The predicted octanol–water partition coefficient (Wildman–Crippen LogP) is -2.78. The van der Waals surface area contributed by atoms with Crippen LogP contribution in [0.1, 0.15) is 0 Å². The zero-order chi connectivity index (χ0) is 7.98. The van der Waals surface area contributed by atoms with Crippen LogP contribution >= 0.6 is 23.5 Å². The molecule has 56 valence electrons. The molecule has 2 N–H and O–H groups in total. The van der Waals surface area contributed by atoms with Gasteiger partial charge in [-0.1, -0.05) is 11.6 Å². The second kappa shape index (κ2) is 8.52. The number of aromatic nitrogens is 2. The SMILES string of the molecule is Nc1cncnc1Cl.[Na+].[O-]Cl. The first-order chi connectivity index (χ1) is 4.80. The van der Waals surface area contributed by atoms with Crippen LogP contribution in [0.2, 0.25) is 5.15 Å². The van der Waals surface area contributed by atoms with Gasteiger partial charge in [-0.15, -0.1) is 0 Å². The number of halogens is 2. The third kappa shape index (κ3) is 5.66.